The van der Waals surface area contributed by atoms with E-state index in [1.807, 2.05) is 53.1 Å². The van der Waals surface area contributed by atoms with Crippen LogP contribution in [0.2, 0.25) is 0 Å². The molecule has 1 fully saturated rings. The number of nitrogens with one attached hydrogen (secondary N) is 1. The van der Waals surface area contributed by atoms with Gasteiger partial charge in [-0.1, -0.05) is 30.3 Å². The highest BCUT2D eigenvalue weighted by atomic mass is 32.1. The van der Waals surface area contributed by atoms with Crippen molar-refractivity contribution >= 4 is 17.4 Å². The van der Waals surface area contributed by atoms with E-state index in [2.05, 4.69) is 19.9 Å². The Morgan fingerprint density at radius 2 is 2.19 bits per heavy atom. The highest BCUT2D eigenvalue weighted by Gasteiger charge is 2.23. The molecule has 0 bridgehead atoms. The molecule has 4 rings (SSSR count). The summed E-state index contributed by atoms with van der Waals surface area (Å²) in [6.45, 7) is 2.99. The summed E-state index contributed by atoms with van der Waals surface area (Å²) < 4.78 is 2.09. The van der Waals surface area contributed by atoms with Crippen LogP contribution in [0.1, 0.15) is 17.8 Å². The van der Waals surface area contributed by atoms with Crippen molar-refractivity contribution in [3.05, 3.63) is 59.4 Å². The van der Waals surface area contributed by atoms with E-state index in [1.165, 1.54) is 0 Å². The SMILES string of the molecule is O=C(NCc1nc(-c2ccccc2)cs1)N1CCC[C@H](Cn2ccnc2)C1. The number of nitrogens with zero attached hydrogens (tertiary/aromatic N) is 4. The first-order valence-electron chi connectivity index (χ1n) is 9.26. The number of benzene rings is 1. The van der Waals surface area contributed by atoms with Crippen molar-refractivity contribution in [2.45, 2.75) is 25.9 Å². The second kappa shape index (κ2) is 8.35. The fourth-order valence-electron chi connectivity index (χ4n) is 3.49. The summed E-state index contributed by atoms with van der Waals surface area (Å²) in [7, 11) is 0. The largest absolute Gasteiger partial charge is 0.337 e. The van der Waals surface area contributed by atoms with E-state index in [1.54, 1.807) is 17.5 Å². The van der Waals surface area contributed by atoms with Crippen molar-refractivity contribution in [2.75, 3.05) is 13.1 Å². The quantitative estimate of drug-likeness (QED) is 0.734. The number of likely N-dealkylation sites (tertiary alicyclic amines) is 1. The summed E-state index contributed by atoms with van der Waals surface area (Å²) in [5, 5.41) is 5.99. The summed E-state index contributed by atoms with van der Waals surface area (Å²) in [6.07, 6.45) is 7.81. The summed E-state index contributed by atoms with van der Waals surface area (Å²) in [6, 6.07) is 10.1. The van der Waals surface area contributed by atoms with Crippen molar-refractivity contribution in [2.24, 2.45) is 5.92 Å². The number of imidazole rings is 1. The second-order valence-electron chi connectivity index (χ2n) is 6.86. The second-order valence-corrected chi connectivity index (χ2v) is 7.81. The van der Waals surface area contributed by atoms with Gasteiger partial charge in [0.25, 0.3) is 0 Å². The lowest BCUT2D eigenvalue weighted by molar-refractivity contribution is 0.159. The molecule has 1 aliphatic rings. The Kier molecular flexibility index (Phi) is 5.48. The van der Waals surface area contributed by atoms with Crippen LogP contribution in [0, 0.1) is 5.92 Å². The molecule has 1 aliphatic heterocycles. The van der Waals surface area contributed by atoms with Gasteiger partial charge < -0.3 is 14.8 Å². The highest BCUT2D eigenvalue weighted by Crippen LogP contribution is 2.22. The smallest absolute Gasteiger partial charge is 0.317 e. The summed E-state index contributed by atoms with van der Waals surface area (Å²) >= 11 is 1.58. The molecule has 0 unspecified atom stereocenters. The van der Waals surface area contributed by atoms with Gasteiger partial charge in [-0.25, -0.2) is 14.8 Å². The maximum atomic E-state index is 12.6. The fourth-order valence-corrected chi connectivity index (χ4v) is 4.23. The van der Waals surface area contributed by atoms with Crippen molar-refractivity contribution in [1.29, 1.82) is 0 Å². The summed E-state index contributed by atoms with van der Waals surface area (Å²) in [4.78, 5) is 23.2. The van der Waals surface area contributed by atoms with Crippen LogP contribution in [0.5, 0.6) is 0 Å². The molecule has 7 heteroatoms. The van der Waals surface area contributed by atoms with Gasteiger partial charge in [0.1, 0.15) is 5.01 Å². The number of amides is 2. The van der Waals surface area contributed by atoms with Crippen molar-refractivity contribution in [1.82, 2.24) is 24.8 Å². The summed E-state index contributed by atoms with van der Waals surface area (Å²) in [5.74, 6) is 0.475. The Morgan fingerprint density at radius 3 is 3.00 bits per heavy atom. The van der Waals surface area contributed by atoms with E-state index in [4.69, 9.17) is 0 Å². The van der Waals surface area contributed by atoms with Crippen LogP contribution in [0.3, 0.4) is 0 Å². The molecule has 0 spiro atoms. The van der Waals surface area contributed by atoms with Crippen molar-refractivity contribution in [3.8, 4) is 11.3 Å². The van der Waals surface area contributed by atoms with Crippen LogP contribution in [-0.4, -0.2) is 38.6 Å². The van der Waals surface area contributed by atoms with E-state index < -0.39 is 0 Å². The number of thiazole rings is 1. The van der Waals surface area contributed by atoms with E-state index >= 15 is 0 Å². The monoisotopic (exact) mass is 381 g/mol. The minimum Gasteiger partial charge on any atom is -0.337 e. The van der Waals surface area contributed by atoms with Gasteiger partial charge in [0.2, 0.25) is 0 Å². The molecule has 0 radical (unpaired) electrons. The number of aromatic nitrogens is 3. The lowest BCUT2D eigenvalue weighted by Crippen LogP contribution is -2.45. The van der Waals surface area contributed by atoms with Crippen LogP contribution in [0.4, 0.5) is 4.79 Å². The number of piperidine rings is 1. The van der Waals surface area contributed by atoms with Crippen LogP contribution < -0.4 is 5.32 Å². The number of hydrogen-bond acceptors (Lipinski definition) is 4. The third-order valence-corrected chi connectivity index (χ3v) is 5.70. The Labute approximate surface area is 162 Å². The molecule has 0 saturated carbocycles. The molecular weight excluding hydrogens is 358 g/mol. The van der Waals surface area contributed by atoms with Gasteiger partial charge in [-0.3, -0.25) is 0 Å². The molecule has 3 aromatic rings. The molecule has 2 amide bonds. The average molecular weight is 382 g/mol. The molecule has 0 aliphatic carbocycles. The van der Waals surface area contributed by atoms with Gasteiger partial charge in [-0.05, 0) is 18.8 Å². The molecule has 1 N–H and O–H groups in total. The minimum atomic E-state index is 0.00166. The van der Waals surface area contributed by atoms with Gasteiger partial charge in [0.05, 0.1) is 18.6 Å². The third kappa shape index (κ3) is 4.54. The van der Waals surface area contributed by atoms with E-state index in [0.717, 1.165) is 48.7 Å². The van der Waals surface area contributed by atoms with Gasteiger partial charge >= 0.3 is 6.03 Å². The van der Waals surface area contributed by atoms with Crippen LogP contribution in [0.25, 0.3) is 11.3 Å². The maximum absolute atomic E-state index is 12.6. The molecule has 1 atom stereocenters. The fraction of sp³-hybridized carbons (Fsp3) is 0.350. The van der Waals surface area contributed by atoms with E-state index in [0.29, 0.717) is 12.5 Å². The zero-order chi connectivity index (χ0) is 18.5. The Hall–Kier alpha value is -2.67. The number of carbonyl (C=O) groups is 1. The van der Waals surface area contributed by atoms with Gasteiger partial charge in [0, 0.05) is 43.0 Å². The zero-order valence-corrected chi connectivity index (χ0v) is 15.9. The zero-order valence-electron chi connectivity index (χ0n) is 15.1. The lowest BCUT2D eigenvalue weighted by atomic mass is 9.98. The molecule has 1 aromatic carbocycles. The molecule has 3 heterocycles. The van der Waals surface area contributed by atoms with Crippen LogP contribution in [0.15, 0.2) is 54.4 Å². The number of urea groups is 1. The van der Waals surface area contributed by atoms with Crippen LogP contribution in [-0.2, 0) is 13.1 Å². The molecule has 6 nitrogen and oxygen atoms in total. The van der Waals surface area contributed by atoms with Gasteiger partial charge in [-0.15, -0.1) is 11.3 Å². The van der Waals surface area contributed by atoms with Crippen LogP contribution >= 0.6 is 11.3 Å². The predicted molar refractivity (Wildman–Crippen MR) is 106 cm³/mol. The molecule has 140 valence electrons. The number of hydrogen-bond donors (Lipinski definition) is 1. The highest BCUT2D eigenvalue weighted by molar-refractivity contribution is 7.09. The Balaban J connectivity index is 1.29. The van der Waals surface area contributed by atoms with Gasteiger partial charge in [-0.2, -0.15) is 0 Å². The number of rotatable bonds is 5. The minimum absolute atomic E-state index is 0.00166. The average Bonchev–Trinajstić information content (AvgIpc) is 3.39. The lowest BCUT2D eigenvalue weighted by Gasteiger charge is -2.32. The first-order chi connectivity index (χ1) is 13.3. The maximum Gasteiger partial charge on any atom is 0.317 e. The molecular formula is C20H23N5OS. The molecule has 1 saturated heterocycles. The third-order valence-electron chi connectivity index (χ3n) is 4.85. The van der Waals surface area contributed by atoms with E-state index in [-0.39, 0.29) is 6.03 Å². The Morgan fingerprint density at radius 1 is 1.30 bits per heavy atom. The van der Waals surface area contributed by atoms with Gasteiger partial charge in [0.15, 0.2) is 0 Å². The normalized spacial score (nSPS) is 17.0. The standard InChI is InChI=1S/C20H23N5OS/c26-20(25-9-4-5-16(13-25)12-24-10-8-21-15-24)22-11-19-23-18(14-27-19)17-6-2-1-3-7-17/h1-3,6-8,10,14-16H,4-5,9,11-13H2,(H,22,26)/t16-/m1/s1. The topological polar surface area (TPSA) is 63.1 Å². The molecule has 2 aromatic heterocycles. The first kappa shape index (κ1) is 17.7. The van der Waals surface area contributed by atoms with Crippen molar-refractivity contribution in [3.63, 3.8) is 0 Å². The number of carbonyl (C=O) groups excluding carboxylic acids is 1. The van der Waals surface area contributed by atoms with Crippen molar-refractivity contribution < 1.29 is 4.79 Å². The Bertz CT molecular complexity index is 862. The predicted octanol–water partition coefficient (Wildman–Crippen LogP) is 3.63. The summed E-state index contributed by atoms with van der Waals surface area (Å²) in [5.41, 5.74) is 2.06. The molecule has 27 heavy (non-hydrogen) atoms. The van der Waals surface area contributed by atoms with E-state index in [9.17, 15) is 4.79 Å². The first-order valence-corrected chi connectivity index (χ1v) is 10.1.